The van der Waals surface area contributed by atoms with Crippen molar-refractivity contribution in [2.75, 3.05) is 37.6 Å². The van der Waals surface area contributed by atoms with Crippen LogP contribution in [0.15, 0.2) is 47.5 Å². The number of allylic oxidation sites excluding steroid dienone is 1. The van der Waals surface area contributed by atoms with Gasteiger partial charge in [0.25, 0.3) is 0 Å². The van der Waals surface area contributed by atoms with Crippen LogP contribution in [-0.2, 0) is 6.54 Å². The number of likely N-dealkylation sites (N-methyl/N-ethyl adjacent to an activating group) is 1. The molecule has 37 heavy (non-hydrogen) atoms. The molecule has 1 fully saturated rings. The van der Waals surface area contributed by atoms with Gasteiger partial charge in [0.1, 0.15) is 22.9 Å². The van der Waals surface area contributed by atoms with Crippen molar-refractivity contribution in [1.82, 2.24) is 24.3 Å². The molecule has 2 N–H and O–H groups in total. The number of fused-ring (bicyclic) bond motifs is 1. The molecule has 1 unspecified atom stereocenters. The fraction of sp³-hybridized carbons (Fsp3) is 0.444. The number of hydrogen-bond donors (Lipinski definition) is 1. The molecule has 8 nitrogen and oxygen atoms in total. The Balaban J connectivity index is 1.35. The standard InChI is InChI=1S/C27H34F2N8/c1-5-34-8-10-35(11-9-34)15-19-6-7-24(31-14-19)36-16-22(29)25(33-27(36)30)20-12-21(28)26-23(13-20)37(17(2)3)18(4)32-26/h6-7,12-14,16-17,27H,5,8-11,15,30H2,1-4H3. The van der Waals surface area contributed by atoms with E-state index in [0.717, 1.165) is 44.8 Å². The van der Waals surface area contributed by atoms with Crippen LogP contribution < -0.4 is 10.6 Å². The average Bonchev–Trinajstić information content (AvgIpc) is 3.23. The van der Waals surface area contributed by atoms with Gasteiger partial charge in [-0.1, -0.05) is 13.0 Å². The summed E-state index contributed by atoms with van der Waals surface area (Å²) in [7, 11) is 0. The summed E-state index contributed by atoms with van der Waals surface area (Å²) in [6.07, 6.45) is 2.19. The van der Waals surface area contributed by atoms with Crippen molar-refractivity contribution in [3.05, 3.63) is 65.3 Å². The van der Waals surface area contributed by atoms with Crippen molar-refractivity contribution in [1.29, 1.82) is 0 Å². The van der Waals surface area contributed by atoms with Crippen molar-refractivity contribution < 1.29 is 8.78 Å². The summed E-state index contributed by atoms with van der Waals surface area (Å²) in [6, 6.07) is 6.88. The number of anilines is 1. The smallest absolute Gasteiger partial charge is 0.179 e. The monoisotopic (exact) mass is 508 g/mol. The summed E-state index contributed by atoms with van der Waals surface area (Å²) in [6.45, 7) is 14.1. The molecule has 3 aromatic rings. The molecule has 0 radical (unpaired) electrons. The maximum atomic E-state index is 15.3. The second-order valence-corrected chi connectivity index (χ2v) is 9.96. The molecule has 1 atom stereocenters. The zero-order valence-electron chi connectivity index (χ0n) is 21.8. The first-order valence-corrected chi connectivity index (χ1v) is 12.8. The molecule has 2 aliphatic rings. The molecular formula is C27H34F2N8. The molecule has 196 valence electrons. The number of nitrogens with two attached hydrogens (primary N) is 1. The molecule has 0 aliphatic carbocycles. The van der Waals surface area contributed by atoms with Crippen LogP contribution in [0, 0.1) is 12.7 Å². The van der Waals surface area contributed by atoms with Crippen molar-refractivity contribution in [2.24, 2.45) is 10.7 Å². The highest BCUT2D eigenvalue weighted by Crippen LogP contribution is 2.28. The first-order chi connectivity index (χ1) is 17.7. The summed E-state index contributed by atoms with van der Waals surface area (Å²) in [5, 5.41) is 0. The maximum absolute atomic E-state index is 15.3. The minimum atomic E-state index is -0.898. The molecule has 2 aromatic heterocycles. The van der Waals surface area contributed by atoms with Crippen LogP contribution >= 0.6 is 0 Å². The number of nitrogens with zero attached hydrogens (tertiary/aromatic N) is 7. The maximum Gasteiger partial charge on any atom is 0.179 e. The van der Waals surface area contributed by atoms with E-state index >= 15 is 4.39 Å². The molecule has 1 saturated heterocycles. The number of halogens is 2. The molecule has 5 rings (SSSR count). The number of imidazole rings is 1. The second kappa shape index (κ2) is 10.3. The highest BCUT2D eigenvalue weighted by atomic mass is 19.1. The zero-order chi connectivity index (χ0) is 26.3. The van der Waals surface area contributed by atoms with Gasteiger partial charge >= 0.3 is 0 Å². The van der Waals surface area contributed by atoms with Crippen LogP contribution in [0.4, 0.5) is 14.6 Å². The van der Waals surface area contributed by atoms with Crippen LogP contribution in [-0.4, -0.2) is 69.1 Å². The summed E-state index contributed by atoms with van der Waals surface area (Å²) in [4.78, 5) is 19.6. The topological polar surface area (TPSA) is 78.8 Å². The lowest BCUT2D eigenvalue weighted by atomic mass is 10.1. The molecule has 0 saturated carbocycles. The fourth-order valence-corrected chi connectivity index (χ4v) is 5.17. The molecule has 0 spiro atoms. The SMILES string of the molecule is CCN1CCN(Cc2ccc(N3C=C(F)C(c4cc(F)c5nc(C)n(C(C)C)c5c4)=NC3N)nc2)CC1. The number of benzene rings is 1. The van der Waals surface area contributed by atoms with E-state index in [9.17, 15) is 4.39 Å². The molecule has 0 bridgehead atoms. The number of aliphatic imine (C=N–C) groups is 1. The highest BCUT2D eigenvalue weighted by Gasteiger charge is 2.26. The predicted molar refractivity (Wildman–Crippen MR) is 143 cm³/mol. The number of piperazine rings is 1. The van der Waals surface area contributed by atoms with Gasteiger partial charge in [0.05, 0.1) is 5.52 Å². The summed E-state index contributed by atoms with van der Waals surface area (Å²) < 4.78 is 32.2. The lowest BCUT2D eigenvalue weighted by Gasteiger charge is -2.34. The van der Waals surface area contributed by atoms with Gasteiger partial charge in [-0.05, 0) is 51.1 Å². The van der Waals surface area contributed by atoms with E-state index in [1.807, 2.05) is 37.5 Å². The van der Waals surface area contributed by atoms with Crippen LogP contribution in [0.1, 0.15) is 43.8 Å². The minimum absolute atomic E-state index is 0.0153. The number of hydrogen-bond acceptors (Lipinski definition) is 7. The number of aryl methyl sites for hydroxylation is 1. The lowest BCUT2D eigenvalue weighted by molar-refractivity contribution is 0.132. The van der Waals surface area contributed by atoms with E-state index < -0.39 is 17.9 Å². The van der Waals surface area contributed by atoms with Crippen molar-refractivity contribution >= 4 is 22.6 Å². The van der Waals surface area contributed by atoms with Gasteiger partial charge in [0.2, 0.25) is 0 Å². The summed E-state index contributed by atoms with van der Waals surface area (Å²) in [5.74, 6) is 0.0747. The summed E-state index contributed by atoms with van der Waals surface area (Å²) in [5.41, 5.74) is 8.60. The quantitative estimate of drug-likeness (QED) is 0.543. The number of pyridine rings is 1. The van der Waals surface area contributed by atoms with Gasteiger partial charge in [-0.25, -0.2) is 23.7 Å². The third kappa shape index (κ3) is 5.01. The first kappa shape index (κ1) is 25.4. The van der Waals surface area contributed by atoms with Crippen molar-refractivity contribution in [3.63, 3.8) is 0 Å². The van der Waals surface area contributed by atoms with E-state index in [-0.39, 0.29) is 17.3 Å². The average molecular weight is 509 g/mol. The Labute approximate surface area is 216 Å². The Kier molecular flexibility index (Phi) is 7.06. The Morgan fingerprint density at radius 3 is 2.46 bits per heavy atom. The molecule has 10 heteroatoms. The largest absolute Gasteiger partial charge is 0.326 e. The lowest BCUT2D eigenvalue weighted by Crippen LogP contribution is -2.45. The van der Waals surface area contributed by atoms with E-state index in [2.05, 4.69) is 31.7 Å². The Bertz CT molecular complexity index is 1340. The van der Waals surface area contributed by atoms with Gasteiger partial charge in [0, 0.05) is 56.7 Å². The first-order valence-electron chi connectivity index (χ1n) is 12.8. The van der Waals surface area contributed by atoms with Gasteiger partial charge in [-0.3, -0.25) is 15.5 Å². The van der Waals surface area contributed by atoms with Crippen molar-refractivity contribution in [2.45, 2.75) is 46.6 Å². The van der Waals surface area contributed by atoms with Crippen molar-refractivity contribution in [3.8, 4) is 0 Å². The van der Waals surface area contributed by atoms with Gasteiger partial charge in [-0.2, -0.15) is 0 Å². The fourth-order valence-electron chi connectivity index (χ4n) is 5.17. The summed E-state index contributed by atoms with van der Waals surface area (Å²) >= 11 is 0. The highest BCUT2D eigenvalue weighted by molar-refractivity contribution is 6.13. The zero-order valence-corrected chi connectivity index (χ0v) is 21.8. The van der Waals surface area contributed by atoms with Gasteiger partial charge in [0.15, 0.2) is 17.9 Å². The van der Waals surface area contributed by atoms with E-state index in [1.54, 1.807) is 12.3 Å². The molecule has 0 amide bonds. The van der Waals surface area contributed by atoms with E-state index in [4.69, 9.17) is 5.73 Å². The molecule has 1 aromatic carbocycles. The van der Waals surface area contributed by atoms with Gasteiger partial charge < -0.3 is 9.47 Å². The Morgan fingerprint density at radius 2 is 1.81 bits per heavy atom. The normalized spacial score (nSPS) is 19.6. The molecule has 4 heterocycles. The third-order valence-electron chi connectivity index (χ3n) is 7.13. The number of rotatable bonds is 6. The van der Waals surface area contributed by atoms with Gasteiger partial charge in [-0.15, -0.1) is 0 Å². The van der Waals surface area contributed by atoms with Crippen LogP contribution in [0.25, 0.3) is 11.0 Å². The van der Waals surface area contributed by atoms with Crippen LogP contribution in [0.5, 0.6) is 0 Å². The van der Waals surface area contributed by atoms with Crippen LogP contribution in [0.2, 0.25) is 0 Å². The number of aromatic nitrogens is 3. The third-order valence-corrected chi connectivity index (χ3v) is 7.13. The molecule has 2 aliphatic heterocycles. The van der Waals surface area contributed by atoms with Crippen LogP contribution in [0.3, 0.4) is 0 Å². The van der Waals surface area contributed by atoms with E-state index in [0.29, 0.717) is 22.7 Å². The van der Waals surface area contributed by atoms with E-state index in [1.165, 1.54) is 17.2 Å². The predicted octanol–water partition coefficient (Wildman–Crippen LogP) is 3.96. The molecular weight excluding hydrogens is 474 g/mol. The Morgan fingerprint density at radius 1 is 1.08 bits per heavy atom. The Hall–Kier alpha value is -3.21. The minimum Gasteiger partial charge on any atom is -0.326 e. The second-order valence-electron chi connectivity index (χ2n) is 9.96.